The lowest BCUT2D eigenvalue weighted by Crippen LogP contribution is -2.29. The molecule has 0 aliphatic heterocycles. The average Bonchev–Trinajstić information content (AvgIpc) is 3.57. The maximum Gasteiger partial charge on any atom is 0.138 e. The molecule has 0 unspecified atom stereocenters. The van der Waals surface area contributed by atoms with E-state index in [-0.39, 0.29) is 0 Å². The Morgan fingerprint density at radius 3 is 1.09 bits per heavy atom. The third-order valence-corrected chi connectivity index (χ3v) is 20.6. The van der Waals surface area contributed by atoms with Crippen LogP contribution < -0.4 is 0 Å². The van der Waals surface area contributed by atoms with Crippen molar-refractivity contribution >= 4 is 70.3 Å². The van der Waals surface area contributed by atoms with Gasteiger partial charge in [-0.25, -0.2) is 0 Å². The fourth-order valence-electron chi connectivity index (χ4n) is 7.41. The van der Waals surface area contributed by atoms with Gasteiger partial charge in [0.05, 0.1) is 22.4 Å². The zero-order valence-electron chi connectivity index (χ0n) is 27.9. The summed E-state index contributed by atoms with van der Waals surface area (Å²) in [5, 5.41) is 10.3. The summed E-state index contributed by atoms with van der Waals surface area (Å²) < 4.78 is 4.64. The quantitative estimate of drug-likeness (QED) is 0.101. The van der Waals surface area contributed by atoms with Gasteiger partial charge in [-0.1, -0.05) is 102 Å². The van der Waals surface area contributed by atoms with Crippen molar-refractivity contribution in [1.82, 2.24) is 9.13 Å². The second kappa shape index (κ2) is 11.7. The molecular weight excluding hydrogens is 565 g/mol. The Hall–Kier alpha value is -3.71. The molecule has 0 fully saturated rings. The molecule has 2 aromatic heterocycles. The zero-order chi connectivity index (χ0) is 31.2. The molecule has 0 aliphatic carbocycles. The summed E-state index contributed by atoms with van der Waals surface area (Å²) in [6.45, 7) is 13.9. The van der Waals surface area contributed by atoms with Crippen LogP contribution in [0.2, 0.25) is 36.3 Å². The molecule has 2 nitrogen and oxygen atoms in total. The maximum atomic E-state index is 3.80. The van der Waals surface area contributed by atoms with Crippen LogP contribution in [0.4, 0.5) is 0 Å². The Kier molecular flexibility index (Phi) is 8.04. The molecular formula is C40H46N2Si2. The first-order chi connectivity index (χ1) is 21.3. The van der Waals surface area contributed by atoms with Gasteiger partial charge in [0.25, 0.3) is 0 Å². The van der Waals surface area contributed by atoms with E-state index in [2.05, 4.69) is 148 Å². The number of hydrogen-bond acceptors (Lipinski definition) is 0. The van der Waals surface area contributed by atoms with Gasteiger partial charge < -0.3 is 9.13 Å². The number of fused-ring (bicyclic) bond motifs is 9. The molecule has 2 heterocycles. The molecule has 0 bridgehead atoms. The van der Waals surface area contributed by atoms with Crippen molar-refractivity contribution < 1.29 is 0 Å². The van der Waals surface area contributed by atoms with E-state index in [0.717, 1.165) is 11.4 Å². The molecule has 0 aliphatic rings. The van der Waals surface area contributed by atoms with E-state index in [1.165, 1.54) is 90.4 Å². The lowest BCUT2D eigenvalue weighted by Gasteiger charge is -2.20. The summed E-state index contributed by atoms with van der Waals surface area (Å²) in [6, 6.07) is 30.4. The molecule has 0 N–H and O–H groups in total. The number of aromatic nitrogens is 2. The fourth-order valence-corrected chi connectivity index (χ4v) is 12.3. The van der Waals surface area contributed by atoms with Crippen molar-refractivity contribution in [3.8, 4) is 22.9 Å². The van der Waals surface area contributed by atoms with Gasteiger partial charge in [-0.05, 0) is 69.9 Å². The number of nitrogens with zero attached hydrogens (tertiary/aromatic N) is 2. The second-order valence-electron chi connectivity index (χ2n) is 12.8. The minimum atomic E-state index is -1.51. The third-order valence-electron chi connectivity index (χ3n) is 11.2. The summed E-state index contributed by atoms with van der Waals surface area (Å²) in [5.74, 6) is 7.28. The standard InChI is InChI=1S/C40H46N2Si2/c1-9-43(10-2,11-3)25-23-31-27-29-15-17-35-33-20-22-38-36(34(33)19-21-37(35)39(29)41(31)7)18-16-30-28-32(42(8)40(30)38)24-26-44(12-4,13-5)14-6/h15-22,27-28H,9-14H2,1-8H3. The first-order valence-corrected chi connectivity index (χ1v) is 21.9. The zero-order valence-corrected chi connectivity index (χ0v) is 29.9. The molecule has 4 heteroatoms. The van der Waals surface area contributed by atoms with E-state index in [4.69, 9.17) is 0 Å². The largest absolute Gasteiger partial charge is 0.337 e. The van der Waals surface area contributed by atoms with Crippen molar-refractivity contribution in [3.05, 3.63) is 72.1 Å². The van der Waals surface area contributed by atoms with Crippen molar-refractivity contribution in [1.29, 1.82) is 0 Å². The molecule has 6 aromatic rings. The molecule has 0 atom stereocenters. The predicted octanol–water partition coefficient (Wildman–Crippen LogP) is 10.9. The van der Waals surface area contributed by atoms with E-state index in [0.29, 0.717) is 0 Å². The van der Waals surface area contributed by atoms with E-state index >= 15 is 0 Å². The van der Waals surface area contributed by atoms with Gasteiger partial charge in [0.1, 0.15) is 16.1 Å². The summed E-state index contributed by atoms with van der Waals surface area (Å²) in [4.78, 5) is 0. The van der Waals surface area contributed by atoms with E-state index < -0.39 is 16.1 Å². The van der Waals surface area contributed by atoms with Gasteiger partial charge in [0.15, 0.2) is 0 Å². The highest BCUT2D eigenvalue weighted by molar-refractivity contribution is 6.87. The van der Waals surface area contributed by atoms with Crippen molar-refractivity contribution in [3.63, 3.8) is 0 Å². The SMILES string of the molecule is CC[Si](C#Cc1cc2ccc3c4ccc5c(ccc6cc(C#C[Si](CC)(CC)CC)n(C)c65)c4ccc3c2n1C)(CC)CC. The minimum Gasteiger partial charge on any atom is -0.337 e. The Bertz CT molecular complexity index is 2010. The van der Waals surface area contributed by atoms with E-state index in [1.54, 1.807) is 0 Å². The summed E-state index contributed by atoms with van der Waals surface area (Å²) in [7, 11) is 1.35. The van der Waals surface area contributed by atoms with Crippen LogP contribution in [-0.4, -0.2) is 25.3 Å². The Balaban J connectivity index is 1.51. The second-order valence-corrected chi connectivity index (χ2v) is 22.6. The Labute approximate surface area is 265 Å². The molecule has 6 rings (SSSR count). The van der Waals surface area contributed by atoms with Crippen LogP contribution in [0.25, 0.3) is 54.1 Å². The minimum absolute atomic E-state index is 1.13. The summed E-state index contributed by atoms with van der Waals surface area (Å²) in [6.07, 6.45) is 0. The van der Waals surface area contributed by atoms with Crippen molar-refractivity contribution in [2.45, 2.75) is 77.8 Å². The lowest BCUT2D eigenvalue weighted by atomic mass is 9.95. The van der Waals surface area contributed by atoms with Gasteiger partial charge in [0.2, 0.25) is 0 Å². The van der Waals surface area contributed by atoms with Crippen LogP contribution in [0.1, 0.15) is 52.9 Å². The highest BCUT2D eigenvalue weighted by Crippen LogP contribution is 2.38. The molecule has 224 valence electrons. The topological polar surface area (TPSA) is 9.86 Å². The van der Waals surface area contributed by atoms with Crippen LogP contribution in [0.5, 0.6) is 0 Å². The molecule has 0 radical (unpaired) electrons. The number of aryl methyl sites for hydroxylation is 2. The van der Waals surface area contributed by atoms with Crippen LogP contribution in [0.3, 0.4) is 0 Å². The van der Waals surface area contributed by atoms with Crippen LogP contribution >= 0.6 is 0 Å². The highest BCUT2D eigenvalue weighted by atomic mass is 28.3. The van der Waals surface area contributed by atoms with Crippen molar-refractivity contribution in [2.75, 3.05) is 0 Å². The van der Waals surface area contributed by atoms with E-state index in [9.17, 15) is 0 Å². The van der Waals surface area contributed by atoms with Gasteiger partial charge in [-0.3, -0.25) is 0 Å². The van der Waals surface area contributed by atoms with Gasteiger partial charge >= 0.3 is 0 Å². The smallest absolute Gasteiger partial charge is 0.138 e. The van der Waals surface area contributed by atoms with Gasteiger partial charge in [-0.15, -0.1) is 11.1 Å². The first kappa shape index (κ1) is 30.3. The van der Waals surface area contributed by atoms with E-state index in [1.807, 2.05) is 0 Å². The molecule has 0 saturated heterocycles. The maximum absolute atomic E-state index is 3.80. The number of benzene rings is 4. The normalized spacial score (nSPS) is 12.3. The predicted molar refractivity (Wildman–Crippen MR) is 200 cm³/mol. The third kappa shape index (κ3) is 4.71. The Morgan fingerprint density at radius 1 is 0.455 bits per heavy atom. The van der Waals surface area contributed by atoms with Crippen molar-refractivity contribution in [2.24, 2.45) is 14.1 Å². The number of rotatable bonds is 6. The summed E-state index contributed by atoms with van der Waals surface area (Å²) >= 11 is 0. The highest BCUT2D eigenvalue weighted by Gasteiger charge is 2.25. The molecule has 0 spiro atoms. The summed E-state index contributed by atoms with van der Waals surface area (Å²) in [5.41, 5.74) is 12.4. The van der Waals surface area contributed by atoms with Crippen LogP contribution in [0, 0.1) is 22.9 Å². The monoisotopic (exact) mass is 610 g/mol. The fraction of sp³-hybridized carbons (Fsp3) is 0.350. The molecule has 0 amide bonds. The molecule has 0 saturated carbocycles. The number of hydrogen-bond donors (Lipinski definition) is 0. The van der Waals surface area contributed by atoms with Crippen LogP contribution in [0.15, 0.2) is 60.7 Å². The Morgan fingerprint density at radius 2 is 0.750 bits per heavy atom. The molecule has 44 heavy (non-hydrogen) atoms. The lowest BCUT2D eigenvalue weighted by molar-refractivity contribution is 0.955. The first-order valence-electron chi connectivity index (χ1n) is 16.7. The molecule has 4 aromatic carbocycles. The van der Waals surface area contributed by atoms with Crippen LogP contribution in [-0.2, 0) is 14.1 Å². The van der Waals surface area contributed by atoms with Gasteiger partial charge in [0, 0.05) is 35.6 Å². The van der Waals surface area contributed by atoms with Gasteiger partial charge in [-0.2, -0.15) is 0 Å². The average molecular weight is 611 g/mol.